The largest absolute Gasteiger partial charge is 0.321 e. The van der Waals surface area contributed by atoms with Crippen LogP contribution in [0.4, 0.5) is 0 Å². The molecule has 0 radical (unpaired) electrons. The van der Waals surface area contributed by atoms with Crippen molar-refractivity contribution in [2.75, 3.05) is 18.6 Å². The monoisotopic (exact) mass is 265 g/mol. The van der Waals surface area contributed by atoms with Gasteiger partial charge in [0.25, 0.3) is 0 Å². The minimum absolute atomic E-state index is 0.210. The van der Waals surface area contributed by atoms with Gasteiger partial charge in [0, 0.05) is 13.3 Å². The molecular weight excluding hydrogens is 250 g/mol. The molecule has 0 aliphatic carbocycles. The Hall–Kier alpha value is -0.590. The highest BCUT2D eigenvalue weighted by Gasteiger charge is 2.04. The minimum atomic E-state index is -2.86. The zero-order valence-electron chi connectivity index (χ0n) is 9.40. The normalized spacial score (nSPS) is 11.9. The van der Waals surface area contributed by atoms with Crippen molar-refractivity contribution in [1.82, 2.24) is 14.9 Å². The third-order valence-corrected chi connectivity index (χ3v) is 3.56. The summed E-state index contributed by atoms with van der Waals surface area (Å²) >= 11 is 5.82. The van der Waals surface area contributed by atoms with Crippen molar-refractivity contribution in [3.8, 4) is 0 Å². The Balaban J connectivity index is 2.24. The Morgan fingerprint density at radius 1 is 1.56 bits per heavy atom. The SMILES string of the molecule is Cn1c(Cl)cnc1CNCCCS(C)(=O)=O. The van der Waals surface area contributed by atoms with Crippen molar-refractivity contribution in [2.45, 2.75) is 13.0 Å². The molecule has 7 heteroatoms. The second-order valence-electron chi connectivity index (χ2n) is 3.72. The van der Waals surface area contributed by atoms with Gasteiger partial charge in [-0.3, -0.25) is 0 Å². The predicted molar refractivity (Wildman–Crippen MR) is 64.3 cm³/mol. The highest BCUT2D eigenvalue weighted by atomic mass is 35.5. The lowest BCUT2D eigenvalue weighted by Crippen LogP contribution is -2.19. The van der Waals surface area contributed by atoms with Gasteiger partial charge in [0.2, 0.25) is 0 Å². The summed E-state index contributed by atoms with van der Waals surface area (Å²) in [5, 5.41) is 3.71. The molecule has 0 aliphatic rings. The molecule has 1 heterocycles. The highest BCUT2D eigenvalue weighted by molar-refractivity contribution is 7.90. The maximum atomic E-state index is 10.9. The molecule has 5 nitrogen and oxygen atoms in total. The summed E-state index contributed by atoms with van der Waals surface area (Å²) in [6.07, 6.45) is 3.44. The lowest BCUT2D eigenvalue weighted by molar-refractivity contribution is 0.590. The fourth-order valence-electron chi connectivity index (χ4n) is 1.25. The summed E-state index contributed by atoms with van der Waals surface area (Å²) in [6.45, 7) is 1.24. The van der Waals surface area contributed by atoms with E-state index >= 15 is 0 Å². The molecule has 16 heavy (non-hydrogen) atoms. The van der Waals surface area contributed by atoms with Crippen LogP contribution in [0.5, 0.6) is 0 Å². The van der Waals surface area contributed by atoms with Crippen molar-refractivity contribution in [2.24, 2.45) is 7.05 Å². The van der Waals surface area contributed by atoms with Gasteiger partial charge in [-0.2, -0.15) is 0 Å². The van der Waals surface area contributed by atoms with Crippen LogP contribution in [-0.4, -0.2) is 36.5 Å². The molecule has 0 saturated heterocycles. The van der Waals surface area contributed by atoms with Gasteiger partial charge in [0.1, 0.15) is 20.8 Å². The van der Waals surface area contributed by atoms with Crippen LogP contribution in [-0.2, 0) is 23.4 Å². The molecule has 92 valence electrons. The number of imidazole rings is 1. The summed E-state index contributed by atoms with van der Waals surface area (Å²) in [7, 11) is -1.02. The van der Waals surface area contributed by atoms with Crippen LogP contribution in [0.1, 0.15) is 12.2 Å². The molecular formula is C9H16ClN3O2S. The van der Waals surface area contributed by atoms with Crippen LogP contribution in [0, 0.1) is 0 Å². The van der Waals surface area contributed by atoms with E-state index in [4.69, 9.17) is 11.6 Å². The zero-order valence-corrected chi connectivity index (χ0v) is 11.0. The lowest BCUT2D eigenvalue weighted by Gasteiger charge is -2.04. The van der Waals surface area contributed by atoms with E-state index in [0.717, 1.165) is 5.82 Å². The molecule has 0 fully saturated rings. The Labute approximate surface area is 101 Å². The Morgan fingerprint density at radius 2 is 2.25 bits per heavy atom. The van der Waals surface area contributed by atoms with Crippen molar-refractivity contribution < 1.29 is 8.42 Å². The van der Waals surface area contributed by atoms with Gasteiger partial charge in [-0.15, -0.1) is 0 Å². The number of sulfone groups is 1. The van der Waals surface area contributed by atoms with E-state index < -0.39 is 9.84 Å². The second-order valence-corrected chi connectivity index (χ2v) is 6.36. The van der Waals surface area contributed by atoms with Crippen LogP contribution in [0.2, 0.25) is 5.15 Å². The number of hydrogen-bond acceptors (Lipinski definition) is 4. The van der Waals surface area contributed by atoms with E-state index in [9.17, 15) is 8.42 Å². The molecule has 0 bridgehead atoms. The van der Waals surface area contributed by atoms with E-state index in [1.54, 1.807) is 10.8 Å². The molecule has 0 saturated carbocycles. The van der Waals surface area contributed by atoms with Gasteiger partial charge in [0.15, 0.2) is 0 Å². The molecule has 1 aromatic rings. The van der Waals surface area contributed by atoms with E-state index in [2.05, 4.69) is 10.3 Å². The summed E-state index contributed by atoms with van der Waals surface area (Å²) < 4.78 is 23.5. The average molecular weight is 266 g/mol. The molecule has 0 spiro atoms. The van der Waals surface area contributed by atoms with E-state index in [1.807, 2.05) is 7.05 Å². The summed E-state index contributed by atoms with van der Waals surface area (Å²) in [6, 6.07) is 0. The van der Waals surface area contributed by atoms with Gasteiger partial charge in [-0.25, -0.2) is 13.4 Å². The number of nitrogens with zero attached hydrogens (tertiary/aromatic N) is 2. The van der Waals surface area contributed by atoms with Gasteiger partial charge in [0.05, 0.1) is 18.5 Å². The van der Waals surface area contributed by atoms with Crippen LogP contribution in [0.3, 0.4) is 0 Å². The Bertz CT molecular complexity index is 442. The summed E-state index contributed by atoms with van der Waals surface area (Å²) in [4.78, 5) is 4.11. The van der Waals surface area contributed by atoms with Gasteiger partial charge >= 0.3 is 0 Å². The highest BCUT2D eigenvalue weighted by Crippen LogP contribution is 2.08. The first-order valence-corrected chi connectivity index (χ1v) is 7.38. The fourth-order valence-corrected chi connectivity index (χ4v) is 2.06. The first-order valence-electron chi connectivity index (χ1n) is 4.94. The van der Waals surface area contributed by atoms with Crippen molar-refractivity contribution in [3.05, 3.63) is 17.2 Å². The molecule has 1 rings (SSSR count). The van der Waals surface area contributed by atoms with E-state index in [1.165, 1.54) is 6.26 Å². The first kappa shape index (κ1) is 13.5. The molecule has 0 aliphatic heterocycles. The minimum Gasteiger partial charge on any atom is -0.321 e. The van der Waals surface area contributed by atoms with Crippen molar-refractivity contribution in [3.63, 3.8) is 0 Å². The molecule has 0 aromatic carbocycles. The molecule has 1 aromatic heterocycles. The van der Waals surface area contributed by atoms with Crippen molar-refractivity contribution >= 4 is 21.4 Å². The first-order chi connectivity index (χ1) is 7.40. The second kappa shape index (κ2) is 5.65. The van der Waals surface area contributed by atoms with E-state index in [-0.39, 0.29) is 5.75 Å². The summed E-state index contributed by atoms with van der Waals surface area (Å²) in [5.74, 6) is 1.05. The lowest BCUT2D eigenvalue weighted by atomic mass is 10.4. The Morgan fingerprint density at radius 3 is 2.75 bits per heavy atom. The average Bonchev–Trinajstić information content (AvgIpc) is 2.47. The quantitative estimate of drug-likeness (QED) is 0.765. The number of rotatable bonds is 6. The molecule has 0 amide bonds. The molecule has 1 N–H and O–H groups in total. The van der Waals surface area contributed by atoms with Crippen LogP contribution < -0.4 is 5.32 Å². The van der Waals surface area contributed by atoms with Crippen LogP contribution in [0.25, 0.3) is 0 Å². The standard InChI is InChI=1S/C9H16ClN3O2S/c1-13-8(10)6-12-9(13)7-11-4-3-5-16(2,14)15/h6,11H,3-5,7H2,1-2H3. The van der Waals surface area contributed by atoms with Gasteiger partial charge < -0.3 is 9.88 Å². The number of nitrogens with one attached hydrogen (secondary N) is 1. The topological polar surface area (TPSA) is 64.0 Å². The maximum absolute atomic E-state index is 10.9. The van der Waals surface area contributed by atoms with Crippen molar-refractivity contribution in [1.29, 1.82) is 0 Å². The third-order valence-electron chi connectivity index (χ3n) is 2.18. The summed E-state index contributed by atoms with van der Waals surface area (Å²) in [5.41, 5.74) is 0. The Kier molecular flexibility index (Phi) is 4.76. The van der Waals surface area contributed by atoms with Crippen LogP contribution >= 0.6 is 11.6 Å². The third kappa shape index (κ3) is 4.51. The number of halogens is 1. The van der Waals surface area contributed by atoms with E-state index in [0.29, 0.717) is 24.7 Å². The number of hydrogen-bond donors (Lipinski definition) is 1. The van der Waals surface area contributed by atoms with Crippen LogP contribution in [0.15, 0.2) is 6.20 Å². The fraction of sp³-hybridized carbons (Fsp3) is 0.667. The van der Waals surface area contributed by atoms with Gasteiger partial charge in [-0.05, 0) is 13.0 Å². The molecule has 0 unspecified atom stereocenters. The maximum Gasteiger partial charge on any atom is 0.147 e. The predicted octanol–water partition coefficient (Wildman–Crippen LogP) is 0.598. The smallest absolute Gasteiger partial charge is 0.147 e. The molecule has 0 atom stereocenters. The van der Waals surface area contributed by atoms with Gasteiger partial charge in [-0.1, -0.05) is 11.6 Å². The zero-order chi connectivity index (χ0) is 12.2. The number of aromatic nitrogens is 2.